The topological polar surface area (TPSA) is 40.5 Å². The Kier molecular flexibility index (Phi) is 20.4. The molecule has 29 valence electrons. The van der Waals surface area contributed by atoms with Crippen molar-refractivity contribution in [2.45, 2.75) is 0 Å². The van der Waals surface area contributed by atoms with Gasteiger partial charge in [0.2, 0.25) is 0 Å². The molecule has 0 saturated heterocycles. The zero-order valence-corrected chi connectivity index (χ0v) is 3.49. The summed E-state index contributed by atoms with van der Waals surface area (Å²) in [7, 11) is 0. The molecule has 0 fully saturated rings. The Morgan fingerprint density at radius 3 is 1.25 bits per heavy atom. The molecule has 0 aromatic heterocycles. The van der Waals surface area contributed by atoms with Crippen LogP contribution in [-0.4, -0.2) is 8.44 Å². The molecule has 2 nitrogen and oxygen atoms in total. The van der Waals surface area contributed by atoms with Crippen LogP contribution >= 0.6 is 13.5 Å². The Morgan fingerprint density at radius 2 is 1.25 bits per heavy atom. The SMILES string of the molecule is [OH][Co][OH].[S]. The molecule has 4 heteroatoms. The molecule has 0 amide bonds. The molecule has 0 heterocycles. The molecule has 0 aromatic rings. The maximum absolute atomic E-state index is 7.09. The van der Waals surface area contributed by atoms with E-state index in [2.05, 4.69) is 0 Å². The van der Waals surface area contributed by atoms with E-state index in [1.165, 1.54) is 0 Å². The van der Waals surface area contributed by atoms with Crippen LogP contribution in [0.15, 0.2) is 0 Å². The van der Waals surface area contributed by atoms with E-state index in [1.54, 1.807) is 0 Å². The van der Waals surface area contributed by atoms with Gasteiger partial charge in [0.1, 0.15) is 0 Å². The van der Waals surface area contributed by atoms with E-state index in [9.17, 15) is 0 Å². The van der Waals surface area contributed by atoms with Crippen LogP contribution in [0.25, 0.3) is 0 Å². The van der Waals surface area contributed by atoms with Gasteiger partial charge < -0.3 is 0 Å². The van der Waals surface area contributed by atoms with Crippen molar-refractivity contribution in [2.75, 3.05) is 0 Å². The number of rotatable bonds is 0. The minimum absolute atomic E-state index is 0. The van der Waals surface area contributed by atoms with Gasteiger partial charge in [0, 0.05) is 13.5 Å². The van der Waals surface area contributed by atoms with Crippen molar-refractivity contribution < 1.29 is 23.8 Å². The van der Waals surface area contributed by atoms with Gasteiger partial charge in [-0.15, -0.1) is 0 Å². The van der Waals surface area contributed by atoms with Crippen molar-refractivity contribution in [1.29, 1.82) is 0 Å². The van der Waals surface area contributed by atoms with E-state index in [4.69, 9.17) is 8.44 Å². The van der Waals surface area contributed by atoms with Gasteiger partial charge in [-0.05, 0) is 0 Å². The number of hydrogen-bond acceptors (Lipinski definition) is 2. The molecule has 0 rings (SSSR count). The summed E-state index contributed by atoms with van der Waals surface area (Å²) in [6, 6.07) is 0. The smallest absolute Gasteiger partial charge is 0 e. The van der Waals surface area contributed by atoms with Crippen LogP contribution in [0, 0.1) is 0 Å². The van der Waals surface area contributed by atoms with Crippen molar-refractivity contribution >= 4 is 13.5 Å². The molecule has 0 aliphatic heterocycles. The second-order valence-electron chi connectivity index (χ2n) is 0.0667. The molecule has 0 atom stereocenters. The normalized spacial score (nSPS) is 5.50. The Bertz CT molecular complexity index is 6.00. The Hall–Kier alpha value is 0.776. The van der Waals surface area contributed by atoms with Crippen molar-refractivity contribution in [3.63, 3.8) is 0 Å². The standard InChI is InChI=1S/Co.2H2O.S/h;2*1H2;/q+2;;;/p-2. The molecule has 0 saturated carbocycles. The molecule has 2 N–H and O–H groups in total. The molecular weight excluding hydrogens is 123 g/mol. The number of hydrogen-bond donors (Lipinski definition) is 2. The van der Waals surface area contributed by atoms with Crippen LogP contribution in [0.4, 0.5) is 0 Å². The molecule has 0 aliphatic rings. The molecule has 2 radical (unpaired) electrons. The molecule has 0 bridgehead atoms. The quantitative estimate of drug-likeness (QED) is 0.459. The fourth-order valence-electron chi connectivity index (χ4n) is 0. The second kappa shape index (κ2) is 9.22. The summed E-state index contributed by atoms with van der Waals surface area (Å²) in [4.78, 5) is 0. The largest absolute Gasteiger partial charge is 0 e. The van der Waals surface area contributed by atoms with Crippen LogP contribution < -0.4 is 0 Å². The summed E-state index contributed by atoms with van der Waals surface area (Å²) >= 11 is -0.562. The molecule has 0 spiro atoms. The summed E-state index contributed by atoms with van der Waals surface area (Å²) in [6.07, 6.45) is 0. The molecule has 0 aromatic carbocycles. The predicted molar refractivity (Wildman–Crippen MR) is 12.0 cm³/mol. The van der Waals surface area contributed by atoms with Crippen LogP contribution in [0.2, 0.25) is 0 Å². The van der Waals surface area contributed by atoms with Gasteiger partial charge in [0.15, 0.2) is 0 Å². The zero-order chi connectivity index (χ0) is 2.71. The van der Waals surface area contributed by atoms with Crippen molar-refractivity contribution in [3.05, 3.63) is 0 Å². The van der Waals surface area contributed by atoms with E-state index in [-0.39, 0.29) is 13.5 Å². The van der Waals surface area contributed by atoms with E-state index in [0.717, 1.165) is 0 Å². The van der Waals surface area contributed by atoms with Crippen LogP contribution in [0.5, 0.6) is 0 Å². The van der Waals surface area contributed by atoms with Gasteiger partial charge in [-0.3, -0.25) is 0 Å². The second-order valence-corrected chi connectivity index (χ2v) is 0.275. The first kappa shape index (κ1) is 8.84. The van der Waals surface area contributed by atoms with Crippen LogP contribution in [0.3, 0.4) is 0 Å². The van der Waals surface area contributed by atoms with E-state index < -0.39 is 15.3 Å². The molecule has 0 unspecified atom stereocenters. The average molecular weight is 125 g/mol. The Morgan fingerprint density at radius 1 is 1.25 bits per heavy atom. The predicted octanol–water partition coefficient (Wildman–Crippen LogP) is -0.468. The van der Waals surface area contributed by atoms with E-state index in [0.29, 0.717) is 0 Å². The third-order valence-corrected chi connectivity index (χ3v) is 0. The maximum Gasteiger partial charge on any atom is 0 e. The van der Waals surface area contributed by atoms with Gasteiger partial charge in [0.05, 0.1) is 0 Å². The van der Waals surface area contributed by atoms with Gasteiger partial charge in [0.25, 0.3) is 0 Å². The van der Waals surface area contributed by atoms with Crippen LogP contribution in [-0.2, 0) is 15.3 Å². The average Bonchev–Trinajstić information content (AvgIpc) is 0.918. The summed E-state index contributed by atoms with van der Waals surface area (Å²) in [5, 5.41) is 0. The first-order valence-electron chi connectivity index (χ1n) is 0.298. The molecule has 4 heavy (non-hydrogen) atoms. The fourth-order valence-corrected chi connectivity index (χ4v) is 0. The maximum atomic E-state index is 7.09. The Balaban J connectivity index is 0. The summed E-state index contributed by atoms with van der Waals surface area (Å²) in [5.74, 6) is 0. The minimum Gasteiger partial charge on any atom is 0 e. The van der Waals surface area contributed by atoms with E-state index in [1.807, 2.05) is 0 Å². The summed E-state index contributed by atoms with van der Waals surface area (Å²) < 4.78 is 14.2. The summed E-state index contributed by atoms with van der Waals surface area (Å²) in [5.41, 5.74) is 0. The molecular formula is H2CoO2S. The Labute approximate surface area is 37.9 Å². The zero-order valence-electron chi connectivity index (χ0n) is 1.64. The van der Waals surface area contributed by atoms with Crippen molar-refractivity contribution in [3.8, 4) is 0 Å². The van der Waals surface area contributed by atoms with Gasteiger partial charge in [-0.2, -0.15) is 0 Å². The molecule has 0 aliphatic carbocycles. The monoisotopic (exact) mass is 125 g/mol. The first-order chi connectivity index (χ1) is 1.41. The minimum atomic E-state index is -0.562. The summed E-state index contributed by atoms with van der Waals surface area (Å²) in [6.45, 7) is 0. The van der Waals surface area contributed by atoms with Gasteiger partial charge in [-0.25, -0.2) is 0 Å². The van der Waals surface area contributed by atoms with Crippen molar-refractivity contribution in [2.24, 2.45) is 0 Å². The van der Waals surface area contributed by atoms with E-state index >= 15 is 0 Å². The van der Waals surface area contributed by atoms with Gasteiger partial charge in [-0.1, -0.05) is 0 Å². The van der Waals surface area contributed by atoms with Crippen LogP contribution in [0.1, 0.15) is 0 Å². The van der Waals surface area contributed by atoms with Gasteiger partial charge >= 0.3 is 23.8 Å². The van der Waals surface area contributed by atoms with Crippen molar-refractivity contribution in [1.82, 2.24) is 0 Å². The first-order valence-corrected chi connectivity index (χ1v) is 1.23. The third-order valence-electron chi connectivity index (χ3n) is 0. The third kappa shape index (κ3) is 14.5. The fraction of sp³-hybridized carbons (Fsp3) is 0.